The van der Waals surface area contributed by atoms with E-state index in [4.69, 9.17) is 4.74 Å². The first-order valence-electron chi connectivity index (χ1n) is 8.81. The van der Waals surface area contributed by atoms with Gasteiger partial charge < -0.3 is 9.64 Å². The van der Waals surface area contributed by atoms with Crippen molar-refractivity contribution in [2.45, 2.75) is 84.0 Å². The predicted molar refractivity (Wildman–Crippen MR) is 85.0 cm³/mol. The fourth-order valence-electron chi connectivity index (χ4n) is 3.62. The Kier molecular flexibility index (Phi) is 6.49. The molecule has 2 unspecified atom stereocenters. The fourth-order valence-corrected chi connectivity index (χ4v) is 3.62. The molecule has 1 aliphatic carbocycles. The van der Waals surface area contributed by atoms with Crippen LogP contribution in [-0.2, 0) is 9.53 Å². The Balaban J connectivity index is 1.95. The molecule has 2 atom stereocenters. The minimum atomic E-state index is 0.0367. The minimum absolute atomic E-state index is 0.0367. The number of hydrogen-bond acceptors (Lipinski definition) is 3. The molecule has 1 saturated heterocycles. The summed E-state index contributed by atoms with van der Waals surface area (Å²) >= 11 is 0. The molecular formula is C17H32N2O2. The maximum atomic E-state index is 12.7. The largest absolute Gasteiger partial charge is 0.377 e. The molecule has 1 N–H and O–H groups in total. The van der Waals surface area contributed by atoms with Gasteiger partial charge >= 0.3 is 0 Å². The van der Waals surface area contributed by atoms with Crippen LogP contribution in [0.15, 0.2) is 0 Å². The summed E-state index contributed by atoms with van der Waals surface area (Å²) in [5.41, 5.74) is 0. The number of hydrogen-bond donors (Lipinski definition) is 1. The van der Waals surface area contributed by atoms with Gasteiger partial charge in [0.15, 0.2) is 0 Å². The Bertz CT molecular complexity index is 327. The lowest BCUT2D eigenvalue weighted by molar-refractivity contribution is -0.131. The molecule has 2 aliphatic rings. The van der Waals surface area contributed by atoms with Crippen molar-refractivity contribution in [2.75, 3.05) is 13.2 Å². The van der Waals surface area contributed by atoms with Gasteiger partial charge in [0.05, 0.1) is 24.9 Å². The molecule has 1 heterocycles. The van der Waals surface area contributed by atoms with Crippen LogP contribution in [0.25, 0.3) is 0 Å². The Hall–Kier alpha value is -0.610. The number of carbonyl (C=O) groups excluding carboxylic acids is 1. The smallest absolute Gasteiger partial charge is 0.241 e. The average molecular weight is 296 g/mol. The molecule has 0 spiro atoms. The molecule has 0 aromatic carbocycles. The first-order chi connectivity index (χ1) is 10.1. The summed E-state index contributed by atoms with van der Waals surface area (Å²) < 4.78 is 5.66. The van der Waals surface area contributed by atoms with E-state index in [1.807, 2.05) is 13.8 Å². The van der Waals surface area contributed by atoms with Gasteiger partial charge in [0.1, 0.15) is 0 Å². The minimum Gasteiger partial charge on any atom is -0.377 e. The van der Waals surface area contributed by atoms with Gasteiger partial charge in [0.25, 0.3) is 0 Å². The van der Waals surface area contributed by atoms with Crippen molar-refractivity contribution in [1.29, 1.82) is 0 Å². The standard InChI is InChI=1S/C17H32N2O2/c1-4-5-10-15-17(20)19(11-12-21-13(2)3)16(18-15)14-8-6-7-9-14/h13-16,18H,4-12H2,1-3H3. The van der Waals surface area contributed by atoms with E-state index < -0.39 is 0 Å². The average Bonchev–Trinajstić information content (AvgIpc) is 3.06. The van der Waals surface area contributed by atoms with E-state index in [0.717, 1.165) is 25.8 Å². The second kappa shape index (κ2) is 8.14. The third-order valence-electron chi connectivity index (χ3n) is 4.76. The normalized spacial score (nSPS) is 27.2. The second-order valence-electron chi connectivity index (χ2n) is 6.80. The van der Waals surface area contributed by atoms with Crippen molar-refractivity contribution < 1.29 is 9.53 Å². The zero-order valence-electron chi connectivity index (χ0n) is 13.9. The number of nitrogens with zero attached hydrogens (tertiary/aromatic N) is 1. The van der Waals surface area contributed by atoms with E-state index in [0.29, 0.717) is 18.4 Å². The van der Waals surface area contributed by atoms with E-state index in [2.05, 4.69) is 17.1 Å². The molecule has 1 aliphatic heterocycles. The maximum absolute atomic E-state index is 12.7. The monoisotopic (exact) mass is 296 g/mol. The van der Waals surface area contributed by atoms with Crippen LogP contribution in [0.4, 0.5) is 0 Å². The van der Waals surface area contributed by atoms with E-state index in [1.54, 1.807) is 0 Å². The van der Waals surface area contributed by atoms with Gasteiger partial charge in [-0.05, 0) is 39.0 Å². The molecule has 0 radical (unpaired) electrons. The summed E-state index contributed by atoms with van der Waals surface area (Å²) in [5.74, 6) is 0.937. The first kappa shape index (κ1) is 16.8. The Morgan fingerprint density at radius 1 is 1.33 bits per heavy atom. The van der Waals surface area contributed by atoms with Crippen molar-refractivity contribution >= 4 is 5.91 Å². The highest BCUT2D eigenvalue weighted by Crippen LogP contribution is 2.32. The zero-order chi connectivity index (χ0) is 15.2. The number of nitrogens with one attached hydrogen (secondary N) is 1. The van der Waals surface area contributed by atoms with Gasteiger partial charge in [-0.1, -0.05) is 32.6 Å². The summed E-state index contributed by atoms with van der Waals surface area (Å²) in [6.45, 7) is 7.65. The topological polar surface area (TPSA) is 41.6 Å². The van der Waals surface area contributed by atoms with Crippen molar-refractivity contribution in [3.8, 4) is 0 Å². The third kappa shape index (κ3) is 4.43. The van der Waals surface area contributed by atoms with Crippen LogP contribution in [0.2, 0.25) is 0 Å². The summed E-state index contributed by atoms with van der Waals surface area (Å²) in [7, 11) is 0. The first-order valence-corrected chi connectivity index (χ1v) is 8.81. The summed E-state index contributed by atoms with van der Waals surface area (Å²) in [4.78, 5) is 14.7. The quantitative estimate of drug-likeness (QED) is 0.749. The molecule has 2 rings (SSSR count). The molecule has 4 heteroatoms. The van der Waals surface area contributed by atoms with E-state index in [9.17, 15) is 4.79 Å². The van der Waals surface area contributed by atoms with E-state index >= 15 is 0 Å². The van der Waals surface area contributed by atoms with Gasteiger partial charge in [0.2, 0.25) is 5.91 Å². The summed E-state index contributed by atoms with van der Waals surface area (Å²) in [5, 5.41) is 3.63. The van der Waals surface area contributed by atoms with Crippen LogP contribution in [0.1, 0.15) is 65.7 Å². The van der Waals surface area contributed by atoms with Gasteiger partial charge in [-0.2, -0.15) is 0 Å². The highest BCUT2D eigenvalue weighted by Gasteiger charge is 2.42. The Labute approximate surface area is 129 Å². The van der Waals surface area contributed by atoms with Gasteiger partial charge in [0, 0.05) is 6.54 Å². The molecule has 0 aromatic rings. The van der Waals surface area contributed by atoms with Crippen LogP contribution in [0.3, 0.4) is 0 Å². The predicted octanol–water partition coefficient (Wildman–Crippen LogP) is 2.92. The lowest BCUT2D eigenvalue weighted by Gasteiger charge is -2.29. The molecule has 1 saturated carbocycles. The summed E-state index contributed by atoms with van der Waals surface area (Å²) in [6, 6.07) is 0.0367. The van der Waals surface area contributed by atoms with Crippen molar-refractivity contribution in [2.24, 2.45) is 5.92 Å². The molecule has 21 heavy (non-hydrogen) atoms. The van der Waals surface area contributed by atoms with Gasteiger partial charge in [-0.15, -0.1) is 0 Å². The third-order valence-corrected chi connectivity index (χ3v) is 4.76. The number of rotatable bonds is 8. The van der Waals surface area contributed by atoms with Crippen LogP contribution in [0.5, 0.6) is 0 Å². The highest BCUT2D eigenvalue weighted by atomic mass is 16.5. The van der Waals surface area contributed by atoms with Gasteiger partial charge in [-0.25, -0.2) is 0 Å². The Morgan fingerprint density at radius 2 is 2.05 bits per heavy atom. The molecule has 122 valence electrons. The lowest BCUT2D eigenvalue weighted by Crippen LogP contribution is -2.44. The van der Waals surface area contributed by atoms with Crippen LogP contribution >= 0.6 is 0 Å². The van der Waals surface area contributed by atoms with E-state index in [1.165, 1.54) is 25.7 Å². The zero-order valence-corrected chi connectivity index (χ0v) is 13.9. The van der Waals surface area contributed by atoms with Crippen molar-refractivity contribution in [3.05, 3.63) is 0 Å². The highest BCUT2D eigenvalue weighted by molar-refractivity contribution is 5.84. The fraction of sp³-hybridized carbons (Fsp3) is 0.941. The number of unbranched alkanes of at least 4 members (excludes halogenated alkanes) is 1. The SMILES string of the molecule is CCCCC1NC(C2CCCC2)N(CCOC(C)C)C1=O. The van der Waals surface area contributed by atoms with Crippen LogP contribution in [-0.4, -0.2) is 42.3 Å². The molecule has 0 aromatic heterocycles. The maximum Gasteiger partial charge on any atom is 0.241 e. The molecule has 0 bridgehead atoms. The summed E-state index contributed by atoms with van der Waals surface area (Å²) in [6.07, 6.45) is 8.86. The molecular weight excluding hydrogens is 264 g/mol. The lowest BCUT2D eigenvalue weighted by atomic mass is 10.0. The number of ether oxygens (including phenoxy) is 1. The molecule has 1 amide bonds. The van der Waals surface area contributed by atoms with Crippen molar-refractivity contribution in [1.82, 2.24) is 10.2 Å². The van der Waals surface area contributed by atoms with Crippen LogP contribution < -0.4 is 5.32 Å². The number of carbonyl (C=O) groups is 1. The van der Waals surface area contributed by atoms with Crippen molar-refractivity contribution in [3.63, 3.8) is 0 Å². The number of amides is 1. The van der Waals surface area contributed by atoms with E-state index in [-0.39, 0.29) is 18.3 Å². The Morgan fingerprint density at radius 3 is 2.67 bits per heavy atom. The second-order valence-corrected chi connectivity index (χ2v) is 6.80. The molecule has 2 fully saturated rings. The van der Waals surface area contributed by atoms with Crippen LogP contribution in [0, 0.1) is 5.92 Å². The van der Waals surface area contributed by atoms with Gasteiger partial charge in [-0.3, -0.25) is 10.1 Å². The molecule has 4 nitrogen and oxygen atoms in total.